The Labute approximate surface area is 99.1 Å². The van der Waals surface area contributed by atoms with Gasteiger partial charge in [0.2, 0.25) is 0 Å². The molecule has 9 radical (unpaired) electrons. The normalized spacial score (nSPS) is 4.27. The third-order valence-corrected chi connectivity index (χ3v) is 0.566. The van der Waals surface area contributed by atoms with Crippen molar-refractivity contribution in [1.29, 1.82) is 0 Å². The molecule has 0 aliphatic rings. The molecule has 0 amide bonds. The van der Waals surface area contributed by atoms with Crippen LogP contribution in [-0.2, 0) is 36.0 Å². The van der Waals surface area contributed by atoms with E-state index in [1.54, 1.807) is 12.4 Å². The second-order valence-electron chi connectivity index (χ2n) is 1.02. The third kappa shape index (κ3) is 70.1. The molecule has 15 heavy (non-hydrogen) atoms. The molecule has 0 aliphatic carbocycles. The Kier molecular flexibility index (Phi) is 164. The molecule has 1 aromatic rings. The van der Waals surface area contributed by atoms with Crippen LogP contribution in [0.3, 0.4) is 0 Å². The van der Waals surface area contributed by atoms with Crippen LogP contribution < -0.4 is 0 Å². The molecule has 0 saturated carbocycles. The summed E-state index contributed by atoms with van der Waals surface area (Å²) in [6.07, 6.45) is 3.50. The van der Waals surface area contributed by atoms with Gasteiger partial charge in [0.15, 0.2) is 0 Å². The summed E-state index contributed by atoms with van der Waals surface area (Å²) in [7, 11) is 0. The van der Waals surface area contributed by atoms with Gasteiger partial charge in [0.1, 0.15) is 0 Å². The molecule has 0 aromatic carbocycles. The standard InChI is InChI=1S/C5H5N.4CO.Co/c1-2-4-6-5-3-1;4*1-2;/h1-5H;;;;;. The zero-order valence-electron chi connectivity index (χ0n) is 7.30. The number of rotatable bonds is 0. The fraction of sp³-hybridized carbons (Fsp3) is 0. The Morgan fingerprint density at radius 3 is 0.933 bits per heavy atom. The molecule has 1 heterocycles. The van der Waals surface area contributed by atoms with E-state index in [-0.39, 0.29) is 16.8 Å². The van der Waals surface area contributed by atoms with Gasteiger partial charge in [0, 0.05) is 29.2 Å². The summed E-state index contributed by atoms with van der Waals surface area (Å²) in [6, 6.07) is 5.72. The first-order valence-corrected chi connectivity index (χ1v) is 2.67. The Bertz CT molecular complexity index is 131. The number of hydrogen-bond acceptors (Lipinski definition) is 5. The van der Waals surface area contributed by atoms with Gasteiger partial charge in [-0.2, -0.15) is 0 Å². The molecule has 0 atom stereocenters. The molecule has 0 aliphatic heterocycles. The minimum atomic E-state index is 0. The number of nitrogens with zero attached hydrogens (tertiary/aromatic N) is 1. The zero-order chi connectivity index (χ0) is 12.2. The summed E-state index contributed by atoms with van der Waals surface area (Å²) >= 11 is 0. The van der Waals surface area contributed by atoms with Crippen LogP contribution in [0.25, 0.3) is 0 Å². The third-order valence-electron chi connectivity index (χ3n) is 0.566. The summed E-state index contributed by atoms with van der Waals surface area (Å²) in [6.45, 7) is 18.0. The minimum absolute atomic E-state index is 0. The van der Waals surface area contributed by atoms with E-state index in [2.05, 4.69) is 32.1 Å². The number of carbonyl (C=O) groups excluding carboxylic acids is 4. The topological polar surface area (TPSA) is 81.2 Å². The van der Waals surface area contributed by atoms with Gasteiger partial charge in [0.25, 0.3) is 27.2 Å². The summed E-state index contributed by atoms with van der Waals surface area (Å²) in [5, 5.41) is 0. The summed E-state index contributed by atoms with van der Waals surface area (Å²) in [5.74, 6) is 0. The van der Waals surface area contributed by atoms with Crippen molar-refractivity contribution in [3.05, 3.63) is 30.6 Å². The Balaban J connectivity index is -0.0000000325. The quantitative estimate of drug-likeness (QED) is 0.619. The van der Waals surface area contributed by atoms with Crippen molar-refractivity contribution < 1.29 is 36.0 Å². The van der Waals surface area contributed by atoms with Gasteiger partial charge in [-0.1, -0.05) is 6.07 Å². The maximum atomic E-state index is 7.50. The molecular formula is C9H5CoNO4. The van der Waals surface area contributed by atoms with E-state index in [1.165, 1.54) is 0 Å². The van der Waals surface area contributed by atoms with Gasteiger partial charge < -0.3 is 0 Å². The molecule has 0 saturated heterocycles. The molecule has 0 N–H and O–H groups in total. The first-order chi connectivity index (χ1) is 7.00. The first-order valence-electron chi connectivity index (χ1n) is 2.67. The maximum absolute atomic E-state index is 7.50. The van der Waals surface area contributed by atoms with Crippen LogP contribution in [0.15, 0.2) is 30.6 Å². The van der Waals surface area contributed by atoms with Gasteiger partial charge in [0.05, 0.1) is 0 Å². The molecule has 0 spiro atoms. The van der Waals surface area contributed by atoms with Crippen LogP contribution in [-0.4, -0.2) is 32.1 Å². The van der Waals surface area contributed by atoms with E-state index in [0.717, 1.165) is 0 Å². The average Bonchev–Trinajstić information content (AvgIpc) is 2.41. The minimum Gasteiger partial charge on any atom is -0.281 e. The van der Waals surface area contributed by atoms with E-state index >= 15 is 0 Å². The van der Waals surface area contributed by atoms with Crippen molar-refractivity contribution >= 4 is 27.2 Å². The van der Waals surface area contributed by atoms with Gasteiger partial charge in [-0.3, -0.25) is 24.2 Å². The first kappa shape index (κ1) is 29.2. The van der Waals surface area contributed by atoms with Crippen molar-refractivity contribution in [2.45, 2.75) is 0 Å². The van der Waals surface area contributed by atoms with Crippen molar-refractivity contribution in [3.63, 3.8) is 0 Å². The molecule has 79 valence electrons. The predicted molar refractivity (Wildman–Crippen MR) is 47.0 cm³/mol. The van der Waals surface area contributed by atoms with Gasteiger partial charge in [-0.15, -0.1) is 0 Å². The zero-order valence-corrected chi connectivity index (χ0v) is 8.34. The van der Waals surface area contributed by atoms with E-state index < -0.39 is 0 Å². The number of hydrogen-bond donors (Lipinski definition) is 0. The molecule has 5 nitrogen and oxygen atoms in total. The summed E-state index contributed by atoms with van der Waals surface area (Å²) in [4.78, 5) is 33.8. The molecule has 0 fully saturated rings. The Hall–Kier alpha value is -1.66. The number of aromatic nitrogens is 1. The Morgan fingerprint density at radius 1 is 0.600 bits per heavy atom. The van der Waals surface area contributed by atoms with Crippen LogP contribution in [0, 0.1) is 0 Å². The van der Waals surface area contributed by atoms with Crippen LogP contribution in [0.4, 0.5) is 0 Å². The van der Waals surface area contributed by atoms with Crippen molar-refractivity contribution in [3.8, 4) is 0 Å². The fourth-order valence-corrected chi connectivity index (χ4v) is 0.313. The molecule has 1 aromatic heterocycles. The van der Waals surface area contributed by atoms with Gasteiger partial charge in [-0.25, -0.2) is 0 Å². The van der Waals surface area contributed by atoms with Crippen molar-refractivity contribution in [2.75, 3.05) is 0 Å². The van der Waals surface area contributed by atoms with E-state index in [4.69, 9.17) is 19.2 Å². The molecule has 6 heteroatoms. The SMILES string of the molecule is [C]=O.[C]=O.[C]=O.[C]=O.[Co].c1ccncc1. The van der Waals surface area contributed by atoms with E-state index in [1.807, 2.05) is 18.2 Å². The monoisotopic (exact) mass is 250 g/mol. The van der Waals surface area contributed by atoms with Crippen LogP contribution in [0.1, 0.15) is 0 Å². The largest absolute Gasteiger partial charge is 0.281 e. The second-order valence-corrected chi connectivity index (χ2v) is 1.02. The van der Waals surface area contributed by atoms with Gasteiger partial charge >= 0.3 is 0 Å². The van der Waals surface area contributed by atoms with Crippen LogP contribution >= 0.6 is 0 Å². The maximum Gasteiger partial charge on any atom is 0.281 e. The van der Waals surface area contributed by atoms with Crippen LogP contribution in [0.2, 0.25) is 0 Å². The predicted octanol–water partition coefficient (Wildman–Crippen LogP) is -0.509. The summed E-state index contributed by atoms with van der Waals surface area (Å²) < 4.78 is 0. The van der Waals surface area contributed by atoms with E-state index in [0.29, 0.717) is 0 Å². The van der Waals surface area contributed by atoms with Crippen molar-refractivity contribution in [2.24, 2.45) is 0 Å². The fourth-order valence-electron chi connectivity index (χ4n) is 0.313. The average molecular weight is 250 g/mol. The summed E-state index contributed by atoms with van der Waals surface area (Å²) in [5.41, 5.74) is 0. The smallest absolute Gasteiger partial charge is 0.281 e. The molecule has 0 unspecified atom stereocenters. The molecule has 1 rings (SSSR count). The second kappa shape index (κ2) is 84.3. The van der Waals surface area contributed by atoms with Crippen LogP contribution in [0.5, 0.6) is 0 Å². The van der Waals surface area contributed by atoms with Crippen molar-refractivity contribution in [1.82, 2.24) is 4.98 Å². The van der Waals surface area contributed by atoms with E-state index in [9.17, 15) is 0 Å². The Morgan fingerprint density at radius 2 is 0.867 bits per heavy atom. The molecule has 0 bridgehead atoms. The number of pyridine rings is 1. The van der Waals surface area contributed by atoms with Gasteiger partial charge in [-0.05, 0) is 12.1 Å². The molecular weight excluding hydrogens is 245 g/mol.